The van der Waals surface area contributed by atoms with Crippen LogP contribution in [0.15, 0.2) is 18.2 Å². The molecule has 5 heteroatoms. The van der Waals surface area contributed by atoms with Gasteiger partial charge in [0, 0.05) is 11.6 Å². The highest BCUT2D eigenvalue weighted by atomic mass is 16.5. The number of aromatic nitrogens is 2. The molecule has 0 amide bonds. The maximum atomic E-state index is 9.91. The lowest BCUT2D eigenvalue weighted by molar-refractivity contribution is -0.0235. The molecule has 0 atom stereocenters. The molecule has 2 aromatic rings. The molecule has 2 aliphatic carbocycles. The fourth-order valence-corrected chi connectivity index (χ4v) is 3.87. The highest BCUT2D eigenvalue weighted by molar-refractivity contribution is 5.72. The van der Waals surface area contributed by atoms with Crippen molar-refractivity contribution in [1.29, 1.82) is 0 Å². The van der Waals surface area contributed by atoms with Gasteiger partial charge in [-0.1, -0.05) is 6.07 Å². The second-order valence-corrected chi connectivity index (χ2v) is 8.13. The molecule has 4 rings (SSSR count). The average Bonchev–Trinajstić information content (AvgIpc) is 3.42. The Balaban J connectivity index is 1.62. The molecule has 5 nitrogen and oxygen atoms in total. The Labute approximate surface area is 154 Å². The van der Waals surface area contributed by atoms with Crippen molar-refractivity contribution < 1.29 is 9.84 Å². The van der Waals surface area contributed by atoms with Gasteiger partial charge in [0.15, 0.2) is 5.82 Å². The predicted octanol–water partition coefficient (Wildman–Crippen LogP) is 3.97. The van der Waals surface area contributed by atoms with Crippen LogP contribution in [0.2, 0.25) is 0 Å². The minimum atomic E-state index is -0.551. The SMILES string of the molecule is COc1cc(C2CC2)ccc1-c1nnc(NC2CC(C)(O)C2)c(C)c1C. The van der Waals surface area contributed by atoms with E-state index in [1.54, 1.807) is 7.11 Å². The monoisotopic (exact) mass is 353 g/mol. The smallest absolute Gasteiger partial charge is 0.152 e. The molecule has 0 radical (unpaired) electrons. The first-order valence-electron chi connectivity index (χ1n) is 9.39. The number of aliphatic hydroxyl groups is 1. The van der Waals surface area contributed by atoms with Crippen molar-refractivity contribution in [2.45, 2.75) is 64.0 Å². The van der Waals surface area contributed by atoms with Gasteiger partial charge in [0.25, 0.3) is 0 Å². The molecular formula is C21H27N3O2. The van der Waals surface area contributed by atoms with Gasteiger partial charge in [0.1, 0.15) is 5.75 Å². The van der Waals surface area contributed by atoms with Crippen LogP contribution >= 0.6 is 0 Å². The summed E-state index contributed by atoms with van der Waals surface area (Å²) in [6.45, 7) is 6.02. The molecule has 0 bridgehead atoms. The van der Waals surface area contributed by atoms with E-state index in [9.17, 15) is 5.11 Å². The highest BCUT2D eigenvalue weighted by Crippen LogP contribution is 2.43. The summed E-state index contributed by atoms with van der Waals surface area (Å²) in [7, 11) is 1.71. The third-order valence-corrected chi connectivity index (χ3v) is 5.77. The van der Waals surface area contributed by atoms with Gasteiger partial charge < -0.3 is 15.2 Å². The normalized spacial score (nSPS) is 24.9. The molecule has 1 heterocycles. The number of nitrogens with one attached hydrogen (secondary N) is 1. The molecule has 0 saturated heterocycles. The van der Waals surface area contributed by atoms with Crippen LogP contribution in [0.4, 0.5) is 5.82 Å². The number of methoxy groups -OCH3 is 1. The number of benzene rings is 1. The molecule has 138 valence electrons. The predicted molar refractivity (Wildman–Crippen MR) is 103 cm³/mol. The lowest BCUT2D eigenvalue weighted by atomic mass is 9.77. The Hall–Kier alpha value is -2.14. The fourth-order valence-electron chi connectivity index (χ4n) is 3.87. The Bertz CT molecular complexity index is 835. The molecule has 0 aliphatic heterocycles. The summed E-state index contributed by atoms with van der Waals surface area (Å²) in [5.74, 6) is 2.36. The standard InChI is InChI=1S/C21H27N3O2/c1-12-13(2)20(22-16-10-21(3,25)11-16)24-23-19(12)17-8-7-15(14-5-6-14)9-18(17)26-4/h7-9,14,16,25H,5-6,10-11H2,1-4H3,(H,22,24). The first-order chi connectivity index (χ1) is 12.4. The number of rotatable bonds is 5. The average molecular weight is 353 g/mol. The van der Waals surface area contributed by atoms with Crippen LogP contribution in [0, 0.1) is 13.8 Å². The quantitative estimate of drug-likeness (QED) is 0.851. The van der Waals surface area contributed by atoms with E-state index in [1.807, 2.05) is 6.92 Å². The van der Waals surface area contributed by atoms with E-state index in [-0.39, 0.29) is 6.04 Å². The molecule has 2 fully saturated rings. The Morgan fingerprint density at radius 1 is 1.15 bits per heavy atom. The van der Waals surface area contributed by atoms with Gasteiger partial charge in [-0.3, -0.25) is 0 Å². The number of hydrogen-bond donors (Lipinski definition) is 2. The van der Waals surface area contributed by atoms with Gasteiger partial charge in [-0.25, -0.2) is 0 Å². The highest BCUT2D eigenvalue weighted by Gasteiger charge is 2.38. The maximum Gasteiger partial charge on any atom is 0.152 e. The summed E-state index contributed by atoms with van der Waals surface area (Å²) in [4.78, 5) is 0. The van der Waals surface area contributed by atoms with Crippen molar-refractivity contribution in [3.63, 3.8) is 0 Å². The number of ether oxygens (including phenoxy) is 1. The Morgan fingerprint density at radius 2 is 1.88 bits per heavy atom. The van der Waals surface area contributed by atoms with Crippen LogP contribution in [-0.4, -0.2) is 34.1 Å². The Kier molecular flexibility index (Phi) is 4.14. The van der Waals surface area contributed by atoms with E-state index < -0.39 is 5.60 Å². The first kappa shape index (κ1) is 17.3. The second kappa shape index (κ2) is 6.23. The van der Waals surface area contributed by atoms with Crippen molar-refractivity contribution in [3.05, 3.63) is 34.9 Å². The summed E-state index contributed by atoms with van der Waals surface area (Å²) < 4.78 is 5.65. The minimum Gasteiger partial charge on any atom is -0.496 e. The van der Waals surface area contributed by atoms with E-state index in [4.69, 9.17) is 4.74 Å². The van der Waals surface area contributed by atoms with Crippen LogP contribution in [0.3, 0.4) is 0 Å². The summed E-state index contributed by atoms with van der Waals surface area (Å²) in [5, 5.41) is 22.3. The fraction of sp³-hybridized carbons (Fsp3) is 0.524. The Morgan fingerprint density at radius 3 is 2.50 bits per heavy atom. The van der Waals surface area contributed by atoms with Gasteiger partial charge >= 0.3 is 0 Å². The number of hydrogen-bond acceptors (Lipinski definition) is 5. The first-order valence-corrected chi connectivity index (χ1v) is 9.39. The van der Waals surface area contributed by atoms with Crippen LogP contribution in [0.25, 0.3) is 11.3 Å². The third-order valence-electron chi connectivity index (χ3n) is 5.77. The van der Waals surface area contributed by atoms with E-state index >= 15 is 0 Å². The topological polar surface area (TPSA) is 67.3 Å². The van der Waals surface area contributed by atoms with E-state index in [1.165, 1.54) is 18.4 Å². The molecule has 26 heavy (non-hydrogen) atoms. The van der Waals surface area contributed by atoms with Crippen LogP contribution in [0.5, 0.6) is 5.75 Å². The zero-order valence-electron chi connectivity index (χ0n) is 16.0. The molecule has 0 spiro atoms. The lowest BCUT2D eigenvalue weighted by Gasteiger charge is -2.41. The van der Waals surface area contributed by atoms with Crippen LogP contribution in [0.1, 0.15) is 55.2 Å². The molecule has 2 saturated carbocycles. The van der Waals surface area contributed by atoms with Crippen molar-refractivity contribution >= 4 is 5.82 Å². The number of anilines is 1. The van der Waals surface area contributed by atoms with E-state index in [0.717, 1.165) is 46.8 Å². The largest absolute Gasteiger partial charge is 0.496 e. The molecule has 2 N–H and O–H groups in total. The van der Waals surface area contributed by atoms with Crippen molar-refractivity contribution in [1.82, 2.24) is 10.2 Å². The van der Waals surface area contributed by atoms with Gasteiger partial charge in [-0.05, 0) is 81.2 Å². The van der Waals surface area contributed by atoms with Crippen molar-refractivity contribution in [3.8, 4) is 17.0 Å². The van der Waals surface area contributed by atoms with Crippen molar-refractivity contribution in [2.24, 2.45) is 0 Å². The van der Waals surface area contributed by atoms with Gasteiger partial charge in [-0.15, -0.1) is 10.2 Å². The molecule has 0 unspecified atom stereocenters. The number of nitrogens with zero attached hydrogens (tertiary/aromatic N) is 2. The maximum absolute atomic E-state index is 9.91. The minimum absolute atomic E-state index is 0.260. The second-order valence-electron chi connectivity index (χ2n) is 8.13. The van der Waals surface area contributed by atoms with Gasteiger partial charge in [0.05, 0.1) is 18.4 Å². The lowest BCUT2D eigenvalue weighted by Crippen LogP contribution is -2.48. The molecular weight excluding hydrogens is 326 g/mol. The molecule has 2 aliphatic rings. The summed E-state index contributed by atoms with van der Waals surface area (Å²) in [6, 6.07) is 6.70. The zero-order valence-corrected chi connectivity index (χ0v) is 16.0. The van der Waals surface area contributed by atoms with Gasteiger partial charge in [0.2, 0.25) is 0 Å². The van der Waals surface area contributed by atoms with E-state index in [2.05, 4.69) is 47.6 Å². The molecule has 1 aromatic carbocycles. The summed E-state index contributed by atoms with van der Waals surface area (Å²) in [6.07, 6.45) is 4.03. The zero-order chi connectivity index (χ0) is 18.5. The summed E-state index contributed by atoms with van der Waals surface area (Å²) in [5.41, 5.74) is 4.85. The summed E-state index contributed by atoms with van der Waals surface area (Å²) >= 11 is 0. The molecule has 1 aromatic heterocycles. The third kappa shape index (κ3) is 3.16. The van der Waals surface area contributed by atoms with Crippen molar-refractivity contribution in [2.75, 3.05) is 12.4 Å². The van der Waals surface area contributed by atoms with Crippen LogP contribution in [-0.2, 0) is 0 Å². The van der Waals surface area contributed by atoms with Gasteiger partial charge in [-0.2, -0.15) is 0 Å². The van der Waals surface area contributed by atoms with Crippen LogP contribution < -0.4 is 10.1 Å². The van der Waals surface area contributed by atoms with E-state index in [0.29, 0.717) is 5.92 Å².